The van der Waals surface area contributed by atoms with Crippen LogP contribution in [0.25, 0.3) is 0 Å². The first kappa shape index (κ1) is 12.6. The topological polar surface area (TPSA) is 50.4 Å². The van der Waals surface area contributed by atoms with E-state index in [0.29, 0.717) is 5.92 Å². The van der Waals surface area contributed by atoms with Crippen molar-refractivity contribution in [2.75, 3.05) is 26.8 Å². The van der Waals surface area contributed by atoms with Gasteiger partial charge in [-0.1, -0.05) is 12.1 Å². The number of nitrogens with one attached hydrogen (secondary N) is 2. The summed E-state index contributed by atoms with van der Waals surface area (Å²) in [6, 6.07) is 6.56. The molecule has 2 aliphatic heterocycles. The van der Waals surface area contributed by atoms with Crippen LogP contribution in [0.15, 0.2) is 18.2 Å². The van der Waals surface area contributed by atoms with E-state index in [-0.39, 0.29) is 11.9 Å². The van der Waals surface area contributed by atoms with Gasteiger partial charge in [-0.15, -0.1) is 0 Å². The smallest absolute Gasteiger partial charge is 0.251 e. The molecular formula is C15H20N2O2. The van der Waals surface area contributed by atoms with Crippen molar-refractivity contribution in [2.45, 2.75) is 18.9 Å². The lowest BCUT2D eigenvalue weighted by Crippen LogP contribution is -2.32. The maximum absolute atomic E-state index is 11.9. The molecule has 0 aromatic heterocycles. The van der Waals surface area contributed by atoms with Crippen molar-refractivity contribution in [1.82, 2.24) is 10.6 Å². The summed E-state index contributed by atoms with van der Waals surface area (Å²) in [5.74, 6) is 0.551. The Balaban J connectivity index is 1.91. The van der Waals surface area contributed by atoms with Gasteiger partial charge in [0.05, 0.1) is 6.61 Å². The summed E-state index contributed by atoms with van der Waals surface area (Å²) < 4.78 is 5.48. The molecule has 1 amide bonds. The van der Waals surface area contributed by atoms with Crippen LogP contribution < -0.4 is 10.6 Å². The van der Waals surface area contributed by atoms with Crippen LogP contribution in [0.4, 0.5) is 0 Å². The second kappa shape index (κ2) is 5.31. The zero-order valence-electron chi connectivity index (χ0n) is 11.2. The van der Waals surface area contributed by atoms with Gasteiger partial charge in [0.15, 0.2) is 0 Å². The number of hydrogen-bond acceptors (Lipinski definition) is 3. The third-order valence-corrected chi connectivity index (χ3v) is 4.16. The molecule has 0 spiro atoms. The van der Waals surface area contributed by atoms with E-state index in [9.17, 15) is 4.79 Å². The molecule has 0 aliphatic carbocycles. The highest BCUT2D eigenvalue weighted by atomic mass is 16.5. The molecule has 1 fully saturated rings. The van der Waals surface area contributed by atoms with Crippen LogP contribution in [0.3, 0.4) is 0 Å². The van der Waals surface area contributed by atoms with Gasteiger partial charge in [-0.3, -0.25) is 4.79 Å². The number of carbonyl (C=O) groups excluding carboxylic acids is 1. The minimum Gasteiger partial charge on any atom is -0.381 e. The van der Waals surface area contributed by atoms with E-state index in [4.69, 9.17) is 4.74 Å². The monoisotopic (exact) mass is 260 g/mol. The molecule has 2 N–H and O–H groups in total. The van der Waals surface area contributed by atoms with Crippen LogP contribution in [0.5, 0.6) is 0 Å². The molecule has 1 saturated heterocycles. The summed E-state index contributed by atoms with van der Waals surface area (Å²) >= 11 is 0. The van der Waals surface area contributed by atoms with E-state index in [1.807, 2.05) is 13.1 Å². The van der Waals surface area contributed by atoms with Gasteiger partial charge < -0.3 is 15.4 Å². The number of hydrogen-bond donors (Lipinski definition) is 2. The number of ether oxygens (including phenoxy) is 1. The van der Waals surface area contributed by atoms with Crippen LogP contribution in [-0.4, -0.2) is 32.7 Å². The maximum Gasteiger partial charge on any atom is 0.251 e. The predicted molar refractivity (Wildman–Crippen MR) is 73.2 cm³/mol. The van der Waals surface area contributed by atoms with Crippen LogP contribution in [0.1, 0.15) is 33.9 Å². The largest absolute Gasteiger partial charge is 0.381 e. The van der Waals surface area contributed by atoms with Gasteiger partial charge in [0.1, 0.15) is 0 Å². The summed E-state index contributed by atoms with van der Waals surface area (Å²) in [6.45, 7) is 2.39. The van der Waals surface area contributed by atoms with E-state index in [0.717, 1.165) is 43.7 Å². The minimum absolute atomic E-state index is 0.0561. The molecule has 102 valence electrons. The first-order valence-electron chi connectivity index (χ1n) is 6.95. The lowest BCUT2D eigenvalue weighted by Gasteiger charge is -2.24. The molecule has 4 nitrogen and oxygen atoms in total. The second-order valence-corrected chi connectivity index (χ2v) is 5.31. The van der Waals surface area contributed by atoms with E-state index < -0.39 is 0 Å². The van der Waals surface area contributed by atoms with E-state index >= 15 is 0 Å². The number of amides is 1. The zero-order chi connectivity index (χ0) is 13.2. The first-order valence-corrected chi connectivity index (χ1v) is 6.95. The average molecular weight is 260 g/mol. The van der Waals surface area contributed by atoms with Gasteiger partial charge in [0.2, 0.25) is 0 Å². The third-order valence-electron chi connectivity index (χ3n) is 4.16. The second-order valence-electron chi connectivity index (χ2n) is 5.31. The molecule has 3 rings (SSSR count). The Kier molecular flexibility index (Phi) is 3.53. The molecule has 1 aromatic rings. The Bertz CT molecular complexity index is 481. The normalized spacial score (nSPS) is 23.8. The Morgan fingerprint density at radius 2 is 2.37 bits per heavy atom. The SMILES string of the molecule is CNC(c1ccc2c(c1)C(=O)NCC2)C1CCOC1. The van der Waals surface area contributed by atoms with Crippen molar-refractivity contribution in [3.8, 4) is 0 Å². The van der Waals surface area contributed by atoms with Gasteiger partial charge >= 0.3 is 0 Å². The van der Waals surface area contributed by atoms with Gasteiger partial charge in [-0.25, -0.2) is 0 Å². The third kappa shape index (κ3) is 2.38. The van der Waals surface area contributed by atoms with Gasteiger partial charge in [0.25, 0.3) is 5.91 Å². The number of benzene rings is 1. The number of fused-ring (bicyclic) bond motifs is 1. The van der Waals surface area contributed by atoms with Crippen molar-refractivity contribution in [3.63, 3.8) is 0 Å². The molecule has 4 heteroatoms. The summed E-state index contributed by atoms with van der Waals surface area (Å²) in [5, 5.41) is 6.28. The minimum atomic E-state index is 0.0561. The van der Waals surface area contributed by atoms with Gasteiger partial charge in [-0.2, -0.15) is 0 Å². The average Bonchev–Trinajstić information content (AvgIpc) is 2.94. The molecule has 0 saturated carbocycles. The van der Waals surface area contributed by atoms with Crippen molar-refractivity contribution in [2.24, 2.45) is 5.92 Å². The van der Waals surface area contributed by atoms with E-state index in [2.05, 4.69) is 22.8 Å². The van der Waals surface area contributed by atoms with E-state index in [1.165, 1.54) is 5.56 Å². The molecule has 2 aliphatic rings. The fourth-order valence-electron chi connectivity index (χ4n) is 3.11. The summed E-state index contributed by atoms with van der Waals surface area (Å²) in [7, 11) is 1.97. The molecule has 2 heterocycles. The summed E-state index contributed by atoms with van der Waals surface area (Å²) in [4.78, 5) is 11.9. The Morgan fingerprint density at radius 3 is 3.11 bits per heavy atom. The van der Waals surface area contributed by atoms with Crippen LogP contribution in [0.2, 0.25) is 0 Å². The molecule has 0 radical (unpaired) electrons. The number of carbonyl (C=O) groups is 1. The first-order chi connectivity index (χ1) is 9.29. The summed E-state index contributed by atoms with van der Waals surface area (Å²) in [6.07, 6.45) is 2.01. The Morgan fingerprint density at radius 1 is 1.47 bits per heavy atom. The quantitative estimate of drug-likeness (QED) is 0.860. The fourth-order valence-corrected chi connectivity index (χ4v) is 3.11. The van der Waals surface area contributed by atoms with Crippen molar-refractivity contribution >= 4 is 5.91 Å². The van der Waals surface area contributed by atoms with Crippen LogP contribution in [-0.2, 0) is 11.2 Å². The Labute approximate surface area is 113 Å². The highest BCUT2D eigenvalue weighted by molar-refractivity contribution is 5.96. The van der Waals surface area contributed by atoms with Crippen LogP contribution in [0, 0.1) is 5.92 Å². The molecule has 19 heavy (non-hydrogen) atoms. The summed E-state index contributed by atoms with van der Waals surface area (Å²) in [5.41, 5.74) is 3.18. The highest BCUT2D eigenvalue weighted by Gasteiger charge is 2.27. The van der Waals surface area contributed by atoms with Crippen LogP contribution >= 0.6 is 0 Å². The van der Waals surface area contributed by atoms with Crippen molar-refractivity contribution in [1.29, 1.82) is 0 Å². The molecule has 1 aromatic carbocycles. The van der Waals surface area contributed by atoms with E-state index in [1.54, 1.807) is 0 Å². The van der Waals surface area contributed by atoms with Crippen molar-refractivity contribution < 1.29 is 9.53 Å². The standard InChI is InChI=1S/C15H20N2O2/c1-16-14(12-5-7-19-9-12)11-3-2-10-4-6-17-15(18)13(10)8-11/h2-3,8,12,14,16H,4-7,9H2,1H3,(H,17,18). The zero-order valence-corrected chi connectivity index (χ0v) is 11.2. The lowest BCUT2D eigenvalue weighted by molar-refractivity contribution is 0.0946. The lowest BCUT2D eigenvalue weighted by atomic mass is 9.89. The molecular weight excluding hydrogens is 240 g/mol. The molecule has 0 bridgehead atoms. The van der Waals surface area contributed by atoms with Crippen molar-refractivity contribution in [3.05, 3.63) is 34.9 Å². The Hall–Kier alpha value is -1.39. The fraction of sp³-hybridized carbons (Fsp3) is 0.533. The highest BCUT2D eigenvalue weighted by Crippen LogP contribution is 2.30. The van der Waals surface area contributed by atoms with Gasteiger partial charge in [-0.05, 0) is 37.1 Å². The predicted octanol–water partition coefficient (Wildman–Crippen LogP) is 1.27. The maximum atomic E-state index is 11.9. The molecule has 2 unspecified atom stereocenters. The number of rotatable bonds is 3. The molecule has 2 atom stereocenters. The van der Waals surface area contributed by atoms with Gasteiger partial charge in [0, 0.05) is 30.7 Å².